The second-order valence-electron chi connectivity index (χ2n) is 8.54. The number of carbonyl (C=O) groups is 1. The van der Waals surface area contributed by atoms with Gasteiger partial charge in [0.2, 0.25) is 0 Å². The molecule has 3 nitrogen and oxygen atoms in total. The van der Waals surface area contributed by atoms with Gasteiger partial charge in [0.15, 0.2) is 0 Å². The Hall–Kier alpha value is -0.940. The van der Waals surface area contributed by atoms with Crippen LogP contribution in [0.5, 0.6) is 0 Å². The van der Waals surface area contributed by atoms with Crippen molar-refractivity contribution in [2.75, 3.05) is 11.5 Å². The number of nitrogens with one attached hydrogen (secondary N) is 1. The SMILES string of the molecule is CC1(C)[C@@H]2CC[C@@]1(C)/C(=N/NC(=O)c1ccc(C3SCCCS3)cc1)C2. The maximum atomic E-state index is 12.5. The summed E-state index contributed by atoms with van der Waals surface area (Å²) >= 11 is 4.01. The minimum absolute atomic E-state index is 0.0998. The molecule has 5 heteroatoms. The highest BCUT2D eigenvalue weighted by molar-refractivity contribution is 8.16. The van der Waals surface area contributed by atoms with Gasteiger partial charge in [-0.1, -0.05) is 32.9 Å². The van der Waals surface area contributed by atoms with E-state index in [1.54, 1.807) is 0 Å². The molecule has 1 amide bonds. The number of thioether (sulfide) groups is 2. The first kappa shape index (κ1) is 18.4. The summed E-state index contributed by atoms with van der Waals surface area (Å²) in [4.78, 5) is 12.5. The van der Waals surface area contributed by atoms with Crippen LogP contribution in [0.15, 0.2) is 29.4 Å². The molecule has 1 heterocycles. The van der Waals surface area contributed by atoms with Gasteiger partial charge in [0.1, 0.15) is 0 Å². The van der Waals surface area contributed by atoms with Crippen molar-refractivity contribution in [2.24, 2.45) is 21.8 Å². The predicted molar refractivity (Wildman–Crippen MR) is 113 cm³/mol. The highest BCUT2D eigenvalue weighted by Gasteiger charge is 2.60. The number of hydrogen-bond donors (Lipinski definition) is 1. The summed E-state index contributed by atoms with van der Waals surface area (Å²) in [6, 6.07) is 8.07. The number of benzene rings is 1. The minimum atomic E-state index is -0.0998. The lowest BCUT2D eigenvalue weighted by molar-refractivity contribution is 0.0954. The summed E-state index contributed by atoms with van der Waals surface area (Å²) in [7, 11) is 0. The molecular weight excluding hydrogens is 360 g/mol. The Morgan fingerprint density at radius 3 is 2.42 bits per heavy atom. The van der Waals surface area contributed by atoms with E-state index in [0.29, 0.717) is 16.1 Å². The number of amides is 1. The molecule has 1 aliphatic heterocycles. The normalized spacial score (nSPS) is 32.1. The van der Waals surface area contributed by atoms with Crippen molar-refractivity contribution in [1.82, 2.24) is 5.43 Å². The maximum Gasteiger partial charge on any atom is 0.271 e. The summed E-state index contributed by atoms with van der Waals surface area (Å²) in [5.74, 6) is 3.06. The smallest absolute Gasteiger partial charge is 0.267 e. The molecule has 0 unspecified atom stereocenters. The molecule has 26 heavy (non-hydrogen) atoms. The molecule has 0 spiro atoms. The average molecular weight is 389 g/mol. The Morgan fingerprint density at radius 2 is 1.85 bits per heavy atom. The molecule has 4 rings (SSSR count). The fourth-order valence-corrected chi connectivity index (χ4v) is 7.65. The molecule has 140 valence electrons. The Kier molecular flexibility index (Phi) is 4.89. The van der Waals surface area contributed by atoms with Gasteiger partial charge in [-0.2, -0.15) is 5.10 Å². The molecule has 0 radical (unpaired) electrons. The van der Waals surface area contributed by atoms with E-state index in [4.69, 9.17) is 0 Å². The van der Waals surface area contributed by atoms with Crippen LogP contribution in [-0.4, -0.2) is 23.1 Å². The quantitative estimate of drug-likeness (QED) is 0.696. The van der Waals surface area contributed by atoms with Gasteiger partial charge in [-0.25, -0.2) is 5.43 Å². The monoisotopic (exact) mass is 388 g/mol. The summed E-state index contributed by atoms with van der Waals surface area (Å²) in [6.45, 7) is 7.03. The third-order valence-corrected chi connectivity index (χ3v) is 10.1. The standard InChI is InChI=1S/C21H28N2OS2/c1-20(2)16-9-10-21(20,3)17(13-16)22-23-18(24)14-5-7-15(8-6-14)19-25-11-4-12-26-19/h5-8,16,19H,4,9-13H2,1-3H3,(H,23,24)/b22-17+/t16-,21+/m1/s1. The summed E-state index contributed by atoms with van der Waals surface area (Å²) < 4.78 is 0.511. The Labute approximate surface area is 165 Å². The molecule has 1 aromatic carbocycles. The van der Waals surface area contributed by atoms with Crippen LogP contribution in [0.4, 0.5) is 0 Å². The van der Waals surface area contributed by atoms with Crippen LogP contribution in [0.2, 0.25) is 0 Å². The van der Waals surface area contributed by atoms with Crippen molar-refractivity contribution in [1.29, 1.82) is 0 Å². The highest BCUT2D eigenvalue weighted by Crippen LogP contribution is 2.63. The van der Waals surface area contributed by atoms with Crippen LogP contribution < -0.4 is 5.43 Å². The van der Waals surface area contributed by atoms with Crippen LogP contribution in [0.25, 0.3) is 0 Å². The van der Waals surface area contributed by atoms with E-state index < -0.39 is 0 Å². The van der Waals surface area contributed by atoms with Gasteiger partial charge in [-0.3, -0.25) is 4.79 Å². The van der Waals surface area contributed by atoms with Gasteiger partial charge in [0.25, 0.3) is 5.91 Å². The van der Waals surface area contributed by atoms with Crippen molar-refractivity contribution in [3.63, 3.8) is 0 Å². The molecule has 1 aromatic rings. The van der Waals surface area contributed by atoms with Gasteiger partial charge < -0.3 is 0 Å². The van der Waals surface area contributed by atoms with E-state index >= 15 is 0 Å². The molecule has 2 saturated carbocycles. The first-order valence-corrected chi connectivity index (χ1v) is 11.7. The van der Waals surface area contributed by atoms with Crippen LogP contribution in [-0.2, 0) is 0 Å². The number of hydrogen-bond acceptors (Lipinski definition) is 4. The molecule has 3 fully saturated rings. The lowest BCUT2D eigenvalue weighted by atomic mass is 9.70. The van der Waals surface area contributed by atoms with Gasteiger partial charge in [-0.15, -0.1) is 23.5 Å². The maximum absolute atomic E-state index is 12.5. The average Bonchev–Trinajstić information content (AvgIpc) is 3.00. The van der Waals surface area contributed by atoms with E-state index in [2.05, 4.69) is 43.4 Å². The van der Waals surface area contributed by atoms with Crippen molar-refractivity contribution in [2.45, 2.75) is 51.0 Å². The van der Waals surface area contributed by atoms with Gasteiger partial charge in [0, 0.05) is 16.7 Å². The van der Waals surface area contributed by atoms with Crippen LogP contribution in [0.3, 0.4) is 0 Å². The number of hydrazone groups is 1. The van der Waals surface area contributed by atoms with Crippen LogP contribution in [0, 0.1) is 16.7 Å². The molecule has 2 atom stereocenters. The minimum Gasteiger partial charge on any atom is -0.267 e. The zero-order valence-electron chi connectivity index (χ0n) is 15.9. The summed E-state index contributed by atoms with van der Waals surface area (Å²) in [5.41, 5.74) is 6.42. The van der Waals surface area contributed by atoms with E-state index in [9.17, 15) is 4.79 Å². The third-order valence-electron chi connectivity index (χ3n) is 7.08. The first-order chi connectivity index (χ1) is 12.4. The van der Waals surface area contributed by atoms with Crippen molar-refractivity contribution < 1.29 is 4.79 Å². The van der Waals surface area contributed by atoms with E-state index in [-0.39, 0.29) is 16.7 Å². The second kappa shape index (κ2) is 6.90. The van der Waals surface area contributed by atoms with Crippen LogP contribution >= 0.6 is 23.5 Å². The molecular formula is C21H28N2OS2. The molecule has 2 aliphatic carbocycles. The van der Waals surface area contributed by atoms with E-state index in [1.165, 1.54) is 42.0 Å². The predicted octanol–water partition coefficient (Wildman–Crippen LogP) is 5.49. The topological polar surface area (TPSA) is 41.5 Å². The Morgan fingerprint density at radius 1 is 1.15 bits per heavy atom. The third kappa shape index (κ3) is 3.01. The van der Waals surface area contributed by atoms with Crippen molar-refractivity contribution in [3.8, 4) is 0 Å². The molecule has 1 saturated heterocycles. The second-order valence-corrected chi connectivity index (χ2v) is 11.3. The van der Waals surface area contributed by atoms with E-state index in [1.807, 2.05) is 35.7 Å². The first-order valence-electron chi connectivity index (χ1n) is 9.62. The van der Waals surface area contributed by atoms with Gasteiger partial charge in [-0.05, 0) is 66.2 Å². The number of fused-ring (bicyclic) bond motifs is 2. The zero-order valence-corrected chi connectivity index (χ0v) is 17.5. The summed E-state index contributed by atoms with van der Waals surface area (Å²) in [5, 5.41) is 4.57. The number of rotatable bonds is 3. The summed E-state index contributed by atoms with van der Waals surface area (Å²) in [6.07, 6.45) is 4.79. The molecule has 0 aromatic heterocycles. The fraction of sp³-hybridized carbons (Fsp3) is 0.619. The van der Waals surface area contributed by atoms with E-state index in [0.717, 1.165) is 6.42 Å². The molecule has 1 N–H and O–H groups in total. The lowest BCUT2D eigenvalue weighted by Crippen LogP contribution is -2.34. The highest BCUT2D eigenvalue weighted by atomic mass is 32.2. The molecule has 2 bridgehead atoms. The Bertz CT molecular complexity index is 722. The fourth-order valence-electron chi connectivity index (χ4n) is 4.75. The lowest BCUT2D eigenvalue weighted by Gasteiger charge is -2.34. The number of nitrogens with zero attached hydrogens (tertiary/aromatic N) is 1. The van der Waals surface area contributed by atoms with Crippen molar-refractivity contribution >= 4 is 35.1 Å². The van der Waals surface area contributed by atoms with Crippen LogP contribution in [0.1, 0.15) is 67.0 Å². The number of carbonyl (C=O) groups excluding carboxylic acids is 1. The zero-order chi connectivity index (χ0) is 18.4. The molecule has 3 aliphatic rings. The van der Waals surface area contributed by atoms with Gasteiger partial charge >= 0.3 is 0 Å². The van der Waals surface area contributed by atoms with Gasteiger partial charge in [0.05, 0.1) is 4.58 Å². The largest absolute Gasteiger partial charge is 0.271 e. The Balaban J connectivity index is 1.43. The van der Waals surface area contributed by atoms with Crippen molar-refractivity contribution in [3.05, 3.63) is 35.4 Å².